The highest BCUT2D eigenvalue weighted by atomic mass is 16.1. The van der Waals surface area contributed by atoms with Crippen LogP contribution in [0.2, 0.25) is 0 Å². The maximum Gasteiger partial charge on any atom is 0.219 e. The van der Waals surface area contributed by atoms with E-state index < -0.39 is 0 Å². The van der Waals surface area contributed by atoms with Gasteiger partial charge >= 0.3 is 0 Å². The fourth-order valence-corrected chi connectivity index (χ4v) is 2.63. The van der Waals surface area contributed by atoms with Gasteiger partial charge in [-0.15, -0.1) is 0 Å². The van der Waals surface area contributed by atoms with Gasteiger partial charge in [0.2, 0.25) is 5.91 Å². The summed E-state index contributed by atoms with van der Waals surface area (Å²) < 4.78 is 0. The largest absolute Gasteiger partial charge is 0.355 e. The number of nitrogens with zero attached hydrogens (tertiary/aromatic N) is 1. The normalized spacial score (nSPS) is 19.8. The molecule has 1 unspecified atom stereocenters. The highest BCUT2D eigenvalue weighted by Gasteiger charge is 2.25. The lowest BCUT2D eigenvalue weighted by Crippen LogP contribution is -2.45. The lowest BCUT2D eigenvalue weighted by Gasteiger charge is -2.34. The average Bonchev–Trinajstić information content (AvgIpc) is 2.30. The molecule has 1 aliphatic carbocycles. The topological polar surface area (TPSA) is 32.3 Å². The quantitative estimate of drug-likeness (QED) is 0.778. The van der Waals surface area contributed by atoms with E-state index in [9.17, 15) is 4.79 Å². The summed E-state index contributed by atoms with van der Waals surface area (Å²) in [5, 5.41) is 3.03. The minimum absolute atomic E-state index is 0.169. The van der Waals surface area contributed by atoms with Crippen molar-refractivity contribution in [3.63, 3.8) is 0 Å². The van der Waals surface area contributed by atoms with E-state index in [1.807, 2.05) is 6.92 Å². The number of likely N-dealkylation sites (N-methyl/N-ethyl adjacent to an activating group) is 1. The summed E-state index contributed by atoms with van der Waals surface area (Å²) in [6, 6.07) is 0.510. The van der Waals surface area contributed by atoms with Crippen molar-refractivity contribution >= 4 is 5.91 Å². The Kier molecular flexibility index (Phi) is 5.81. The number of hydrogen-bond acceptors (Lipinski definition) is 2. The van der Waals surface area contributed by atoms with E-state index in [0.717, 1.165) is 12.5 Å². The maximum atomic E-state index is 11.3. The van der Waals surface area contributed by atoms with Crippen LogP contribution in [0, 0.1) is 5.92 Å². The molecule has 1 fully saturated rings. The van der Waals surface area contributed by atoms with Crippen LogP contribution in [-0.4, -0.2) is 37.5 Å². The first-order valence-electron chi connectivity index (χ1n) is 6.58. The number of rotatable bonds is 5. The van der Waals surface area contributed by atoms with Crippen LogP contribution in [0.15, 0.2) is 0 Å². The minimum Gasteiger partial charge on any atom is -0.355 e. The molecule has 1 N–H and O–H groups in total. The second-order valence-electron chi connectivity index (χ2n) is 5.09. The number of carbonyl (C=O) groups excluding carboxylic acids is 1. The smallest absolute Gasteiger partial charge is 0.219 e. The Balaban J connectivity index is 2.42. The molecule has 3 heteroatoms. The monoisotopic (exact) mass is 226 g/mol. The van der Waals surface area contributed by atoms with E-state index in [0.29, 0.717) is 12.5 Å². The summed E-state index contributed by atoms with van der Waals surface area (Å²) in [6.45, 7) is 2.71. The third-order valence-corrected chi connectivity index (χ3v) is 3.69. The molecule has 3 nitrogen and oxygen atoms in total. The van der Waals surface area contributed by atoms with Crippen LogP contribution in [0.25, 0.3) is 0 Å². The molecule has 1 rings (SSSR count). The van der Waals surface area contributed by atoms with Gasteiger partial charge in [-0.2, -0.15) is 0 Å². The molecule has 1 amide bonds. The van der Waals surface area contributed by atoms with Gasteiger partial charge in [0.05, 0.1) is 0 Å². The first-order chi connectivity index (χ1) is 7.65. The molecular weight excluding hydrogens is 200 g/mol. The Labute approximate surface area is 99.6 Å². The number of hydrogen-bond donors (Lipinski definition) is 1. The van der Waals surface area contributed by atoms with Gasteiger partial charge in [-0.05, 0) is 32.9 Å². The van der Waals surface area contributed by atoms with Gasteiger partial charge in [0.25, 0.3) is 0 Å². The van der Waals surface area contributed by atoms with Gasteiger partial charge in [0.15, 0.2) is 0 Å². The van der Waals surface area contributed by atoms with E-state index >= 15 is 0 Å². The Hall–Kier alpha value is -0.570. The van der Waals surface area contributed by atoms with Crippen LogP contribution in [0.3, 0.4) is 0 Å². The molecule has 1 aliphatic rings. The molecule has 16 heavy (non-hydrogen) atoms. The van der Waals surface area contributed by atoms with Gasteiger partial charge in [0, 0.05) is 19.0 Å². The first kappa shape index (κ1) is 13.5. The third kappa shape index (κ3) is 4.12. The zero-order valence-corrected chi connectivity index (χ0v) is 11.0. The maximum absolute atomic E-state index is 11.3. The van der Waals surface area contributed by atoms with Crippen molar-refractivity contribution in [2.45, 2.75) is 51.5 Å². The van der Waals surface area contributed by atoms with Crippen molar-refractivity contribution in [2.24, 2.45) is 5.92 Å². The van der Waals surface area contributed by atoms with E-state index in [2.05, 4.69) is 24.3 Å². The van der Waals surface area contributed by atoms with Gasteiger partial charge in [-0.3, -0.25) is 4.79 Å². The molecular formula is C13H26N2O. The van der Waals surface area contributed by atoms with E-state index in [4.69, 9.17) is 0 Å². The van der Waals surface area contributed by atoms with Crippen LogP contribution in [-0.2, 0) is 4.79 Å². The first-order valence-corrected chi connectivity index (χ1v) is 6.58. The Morgan fingerprint density at radius 2 is 1.94 bits per heavy atom. The van der Waals surface area contributed by atoms with Crippen molar-refractivity contribution < 1.29 is 4.79 Å². The summed E-state index contributed by atoms with van der Waals surface area (Å²) in [4.78, 5) is 13.6. The SMILES string of the molecule is CCC(=O)NCC(C1CCCCC1)N(C)C. The highest BCUT2D eigenvalue weighted by molar-refractivity contribution is 5.75. The zero-order valence-electron chi connectivity index (χ0n) is 11.0. The predicted molar refractivity (Wildman–Crippen MR) is 67.4 cm³/mol. The molecule has 0 saturated heterocycles. The lowest BCUT2D eigenvalue weighted by atomic mass is 9.83. The summed E-state index contributed by atoms with van der Waals surface area (Å²) in [5.74, 6) is 0.934. The summed E-state index contributed by atoms with van der Waals surface area (Å²) in [7, 11) is 4.24. The molecule has 0 radical (unpaired) electrons. The standard InChI is InChI=1S/C13H26N2O/c1-4-13(16)14-10-12(15(2)3)11-8-6-5-7-9-11/h11-12H,4-10H2,1-3H3,(H,14,16). The van der Waals surface area contributed by atoms with Crippen LogP contribution in [0.1, 0.15) is 45.4 Å². The van der Waals surface area contributed by atoms with Crippen LogP contribution >= 0.6 is 0 Å². The minimum atomic E-state index is 0.169. The number of carbonyl (C=O) groups is 1. The molecule has 0 bridgehead atoms. The molecule has 0 aromatic heterocycles. The van der Waals surface area contributed by atoms with Gasteiger partial charge in [-0.1, -0.05) is 26.2 Å². The van der Waals surface area contributed by atoms with Crippen molar-refractivity contribution in [2.75, 3.05) is 20.6 Å². The molecule has 1 atom stereocenters. The van der Waals surface area contributed by atoms with Crippen molar-refractivity contribution in [3.05, 3.63) is 0 Å². The van der Waals surface area contributed by atoms with E-state index in [-0.39, 0.29) is 5.91 Å². The van der Waals surface area contributed by atoms with Gasteiger partial charge in [-0.25, -0.2) is 0 Å². The van der Waals surface area contributed by atoms with Crippen LogP contribution in [0.4, 0.5) is 0 Å². The van der Waals surface area contributed by atoms with E-state index in [1.54, 1.807) is 0 Å². The van der Waals surface area contributed by atoms with Gasteiger partial charge in [0.1, 0.15) is 0 Å². The third-order valence-electron chi connectivity index (χ3n) is 3.69. The summed E-state index contributed by atoms with van der Waals surface area (Å²) in [5.41, 5.74) is 0. The fourth-order valence-electron chi connectivity index (χ4n) is 2.63. The van der Waals surface area contributed by atoms with Crippen LogP contribution < -0.4 is 5.32 Å². The summed E-state index contributed by atoms with van der Waals surface area (Å²) in [6.07, 6.45) is 7.34. The molecule has 0 spiro atoms. The Morgan fingerprint density at radius 1 is 1.31 bits per heavy atom. The van der Waals surface area contributed by atoms with Gasteiger partial charge < -0.3 is 10.2 Å². The predicted octanol–water partition coefficient (Wildman–Crippen LogP) is 2.02. The highest BCUT2D eigenvalue weighted by Crippen LogP contribution is 2.27. The van der Waals surface area contributed by atoms with Crippen molar-refractivity contribution in [3.8, 4) is 0 Å². The molecule has 94 valence electrons. The molecule has 0 aromatic rings. The second-order valence-corrected chi connectivity index (χ2v) is 5.09. The lowest BCUT2D eigenvalue weighted by molar-refractivity contribution is -0.121. The molecule has 0 heterocycles. The molecule has 0 aromatic carbocycles. The zero-order chi connectivity index (χ0) is 12.0. The van der Waals surface area contributed by atoms with Crippen LogP contribution in [0.5, 0.6) is 0 Å². The Morgan fingerprint density at radius 3 is 2.44 bits per heavy atom. The average molecular weight is 226 g/mol. The number of amides is 1. The fraction of sp³-hybridized carbons (Fsp3) is 0.923. The summed E-state index contributed by atoms with van der Waals surface area (Å²) >= 11 is 0. The molecule has 1 saturated carbocycles. The van der Waals surface area contributed by atoms with Crippen molar-refractivity contribution in [1.82, 2.24) is 10.2 Å². The molecule has 0 aliphatic heterocycles. The van der Waals surface area contributed by atoms with Crippen molar-refractivity contribution in [1.29, 1.82) is 0 Å². The number of nitrogens with one attached hydrogen (secondary N) is 1. The second kappa shape index (κ2) is 6.89. The van der Waals surface area contributed by atoms with E-state index in [1.165, 1.54) is 32.1 Å². The Bertz CT molecular complexity index is 210.